The Kier molecular flexibility index (Phi) is 4.94. The van der Waals surface area contributed by atoms with Crippen molar-refractivity contribution in [3.05, 3.63) is 65.7 Å². The Morgan fingerprint density at radius 3 is 2.57 bits per heavy atom. The lowest BCUT2D eigenvalue weighted by Crippen LogP contribution is -2.35. The first-order valence-electron chi connectivity index (χ1n) is 8.45. The van der Waals surface area contributed by atoms with E-state index in [9.17, 15) is 4.79 Å². The number of hydrogen-bond acceptors (Lipinski definition) is 6. The smallest absolute Gasteiger partial charge is 0.283 e. The lowest BCUT2D eigenvalue weighted by atomic mass is 10.1. The number of hydrazone groups is 1. The summed E-state index contributed by atoms with van der Waals surface area (Å²) in [6, 6.07) is 16.6. The van der Waals surface area contributed by atoms with Crippen LogP contribution in [0.1, 0.15) is 5.56 Å². The minimum Gasteiger partial charge on any atom is -0.497 e. The predicted molar refractivity (Wildman–Crippen MR) is 110 cm³/mol. The van der Waals surface area contributed by atoms with Gasteiger partial charge in [-0.3, -0.25) is 10.2 Å². The fourth-order valence-electron chi connectivity index (χ4n) is 2.62. The molecule has 0 bridgehead atoms. The monoisotopic (exact) mass is 392 g/mol. The number of ether oxygens (including phenoxy) is 2. The highest BCUT2D eigenvalue weighted by molar-refractivity contribution is 8.27. The number of methoxy groups -OCH3 is 1. The topological polar surface area (TPSA) is 87.3 Å². The molecule has 0 saturated carbocycles. The van der Waals surface area contributed by atoms with E-state index in [4.69, 9.17) is 14.9 Å². The molecule has 2 aromatic carbocycles. The van der Waals surface area contributed by atoms with Gasteiger partial charge >= 0.3 is 0 Å². The second-order valence-electron chi connectivity index (χ2n) is 5.89. The molecule has 0 aliphatic carbocycles. The summed E-state index contributed by atoms with van der Waals surface area (Å²) in [5.74, 6) is 0.980. The van der Waals surface area contributed by atoms with Gasteiger partial charge in [-0.05, 0) is 47.7 Å². The van der Waals surface area contributed by atoms with Crippen LogP contribution in [-0.2, 0) is 4.79 Å². The van der Waals surface area contributed by atoms with Gasteiger partial charge in [0, 0.05) is 0 Å². The summed E-state index contributed by atoms with van der Waals surface area (Å²) >= 11 is 1.23. The standard InChI is InChI=1S/C20H16N4O3S/c1-26-14-9-7-13(8-10-14)11-16-18(21)24-20(22-19(16)25)28-17(23-24)12-27-15-5-3-2-4-6-15/h2-11,21H,12H2,1H3/b16-11-,21-18?. The second kappa shape index (κ2) is 7.69. The zero-order valence-electron chi connectivity index (χ0n) is 15.0. The van der Waals surface area contributed by atoms with Crippen molar-refractivity contribution in [2.45, 2.75) is 0 Å². The fourth-order valence-corrected chi connectivity index (χ4v) is 3.42. The third kappa shape index (κ3) is 3.67. The van der Waals surface area contributed by atoms with E-state index in [0.29, 0.717) is 10.2 Å². The maximum Gasteiger partial charge on any atom is 0.283 e. The summed E-state index contributed by atoms with van der Waals surface area (Å²) in [6.45, 7) is 0.239. The molecule has 0 aromatic heterocycles. The minimum absolute atomic E-state index is 0.00645. The number of fused-ring (bicyclic) bond motifs is 1. The largest absolute Gasteiger partial charge is 0.497 e. The van der Waals surface area contributed by atoms with Crippen LogP contribution in [0.2, 0.25) is 0 Å². The Morgan fingerprint density at radius 1 is 1.11 bits per heavy atom. The third-order valence-electron chi connectivity index (χ3n) is 4.03. The highest BCUT2D eigenvalue weighted by Gasteiger charge is 2.35. The zero-order chi connectivity index (χ0) is 19.5. The highest BCUT2D eigenvalue weighted by atomic mass is 32.2. The number of carbonyl (C=O) groups is 1. The molecule has 140 valence electrons. The molecule has 2 aliphatic heterocycles. The van der Waals surface area contributed by atoms with Gasteiger partial charge in [-0.2, -0.15) is 15.1 Å². The number of thioether (sulfide) groups is 1. The fraction of sp³-hybridized carbons (Fsp3) is 0.100. The second-order valence-corrected chi connectivity index (χ2v) is 6.93. The van der Waals surface area contributed by atoms with E-state index in [1.165, 1.54) is 16.8 Å². The molecule has 0 saturated heterocycles. The van der Waals surface area contributed by atoms with E-state index in [-0.39, 0.29) is 18.0 Å². The van der Waals surface area contributed by atoms with Crippen molar-refractivity contribution in [1.82, 2.24) is 5.01 Å². The van der Waals surface area contributed by atoms with Crippen molar-refractivity contribution in [2.75, 3.05) is 13.7 Å². The van der Waals surface area contributed by atoms with Gasteiger partial charge in [-0.1, -0.05) is 30.3 Å². The molecule has 28 heavy (non-hydrogen) atoms. The summed E-state index contributed by atoms with van der Waals surface area (Å²) in [6.07, 6.45) is 1.63. The molecule has 2 heterocycles. The first-order chi connectivity index (χ1) is 13.6. The van der Waals surface area contributed by atoms with Crippen LogP contribution in [0, 0.1) is 5.41 Å². The summed E-state index contributed by atoms with van der Waals surface area (Å²) < 4.78 is 10.8. The summed E-state index contributed by atoms with van der Waals surface area (Å²) in [7, 11) is 1.59. The number of carbonyl (C=O) groups excluding carboxylic acids is 1. The van der Waals surface area contributed by atoms with Gasteiger partial charge in [0.2, 0.25) is 5.17 Å². The third-order valence-corrected chi connectivity index (χ3v) is 4.91. The highest BCUT2D eigenvalue weighted by Crippen LogP contribution is 2.28. The van der Waals surface area contributed by atoms with Gasteiger partial charge in [0.25, 0.3) is 5.91 Å². The van der Waals surface area contributed by atoms with Gasteiger partial charge in [-0.25, -0.2) is 0 Å². The van der Waals surface area contributed by atoms with Crippen molar-refractivity contribution in [3.8, 4) is 11.5 Å². The van der Waals surface area contributed by atoms with Gasteiger partial charge in [0.05, 0.1) is 12.7 Å². The van der Waals surface area contributed by atoms with Crippen LogP contribution in [0.5, 0.6) is 11.5 Å². The maximum absolute atomic E-state index is 12.4. The van der Waals surface area contributed by atoms with Crippen molar-refractivity contribution in [3.63, 3.8) is 0 Å². The number of nitrogens with zero attached hydrogens (tertiary/aromatic N) is 3. The molecule has 1 N–H and O–H groups in total. The Labute approximate surface area is 165 Å². The zero-order valence-corrected chi connectivity index (χ0v) is 15.8. The van der Waals surface area contributed by atoms with Gasteiger partial charge in [0.1, 0.15) is 23.1 Å². The van der Waals surface area contributed by atoms with Crippen LogP contribution in [0.4, 0.5) is 0 Å². The van der Waals surface area contributed by atoms with Crippen LogP contribution < -0.4 is 9.47 Å². The number of aliphatic imine (C=N–C) groups is 1. The molecule has 2 aliphatic rings. The number of hydrogen-bond donors (Lipinski definition) is 1. The number of amides is 1. The molecule has 0 radical (unpaired) electrons. The van der Waals surface area contributed by atoms with Crippen molar-refractivity contribution < 1.29 is 14.3 Å². The molecule has 8 heteroatoms. The lowest BCUT2D eigenvalue weighted by Gasteiger charge is -2.20. The molecular formula is C20H16N4O3S. The van der Waals surface area contributed by atoms with E-state index < -0.39 is 5.91 Å². The van der Waals surface area contributed by atoms with Crippen molar-refractivity contribution in [2.24, 2.45) is 10.1 Å². The van der Waals surface area contributed by atoms with E-state index in [0.717, 1.165) is 17.1 Å². The number of benzene rings is 2. The van der Waals surface area contributed by atoms with Crippen LogP contribution in [0.15, 0.2) is 70.3 Å². The molecule has 0 unspecified atom stereocenters. The van der Waals surface area contributed by atoms with Gasteiger partial charge in [0.15, 0.2) is 5.84 Å². The molecule has 0 fully saturated rings. The molecule has 4 rings (SSSR count). The average molecular weight is 392 g/mol. The molecule has 0 spiro atoms. The molecule has 2 aromatic rings. The maximum atomic E-state index is 12.4. The number of nitrogens with one attached hydrogen (secondary N) is 1. The summed E-state index contributed by atoms with van der Waals surface area (Å²) in [5.41, 5.74) is 0.958. The van der Waals surface area contributed by atoms with Crippen LogP contribution in [0.3, 0.4) is 0 Å². The Morgan fingerprint density at radius 2 is 1.86 bits per heavy atom. The Bertz CT molecular complexity index is 1010. The average Bonchev–Trinajstić information content (AvgIpc) is 3.14. The number of para-hydroxylation sites is 1. The van der Waals surface area contributed by atoms with Crippen LogP contribution in [0.25, 0.3) is 6.08 Å². The van der Waals surface area contributed by atoms with Crippen molar-refractivity contribution in [1.29, 1.82) is 5.41 Å². The van der Waals surface area contributed by atoms with E-state index in [1.807, 2.05) is 42.5 Å². The van der Waals surface area contributed by atoms with Crippen molar-refractivity contribution >= 4 is 39.8 Å². The van der Waals surface area contributed by atoms with E-state index in [2.05, 4.69) is 10.1 Å². The first kappa shape index (κ1) is 18.0. The molecule has 0 atom stereocenters. The van der Waals surface area contributed by atoms with E-state index >= 15 is 0 Å². The molecular weight excluding hydrogens is 376 g/mol. The predicted octanol–water partition coefficient (Wildman–Crippen LogP) is 3.39. The van der Waals surface area contributed by atoms with Gasteiger partial charge < -0.3 is 9.47 Å². The van der Waals surface area contributed by atoms with E-state index in [1.54, 1.807) is 25.3 Å². The first-order valence-corrected chi connectivity index (χ1v) is 9.27. The Balaban J connectivity index is 1.52. The summed E-state index contributed by atoms with van der Waals surface area (Å²) in [4.78, 5) is 16.5. The summed E-state index contributed by atoms with van der Waals surface area (Å²) in [5, 5.41) is 15.1. The SMILES string of the molecule is COc1ccc(/C=C2/C(=N)N3N=C(COc4ccccc4)SC3=NC2=O)cc1. The molecule has 7 nitrogen and oxygen atoms in total. The number of rotatable bonds is 5. The quantitative estimate of drug-likeness (QED) is 0.788. The number of amidine groups is 2. The minimum atomic E-state index is -0.458. The van der Waals surface area contributed by atoms with Crippen LogP contribution in [-0.4, -0.2) is 40.7 Å². The van der Waals surface area contributed by atoms with Crippen LogP contribution >= 0.6 is 11.8 Å². The molecule has 1 amide bonds. The lowest BCUT2D eigenvalue weighted by molar-refractivity contribution is -0.114. The normalized spacial score (nSPS) is 17.3. The van der Waals surface area contributed by atoms with Gasteiger partial charge in [-0.15, -0.1) is 0 Å². The Hall–Kier alpha value is -3.39.